The average molecular weight is 375 g/mol. The number of hydrogen-bond donors (Lipinski definition) is 1. The highest BCUT2D eigenvalue weighted by molar-refractivity contribution is 5.97. The van der Waals surface area contributed by atoms with Crippen LogP contribution in [0.2, 0.25) is 0 Å². The second-order valence-electron chi connectivity index (χ2n) is 6.46. The lowest BCUT2D eigenvalue weighted by molar-refractivity contribution is 0.0949. The van der Waals surface area contributed by atoms with Crippen LogP contribution in [0, 0.1) is 0 Å². The van der Waals surface area contributed by atoms with Gasteiger partial charge in [-0.2, -0.15) is 0 Å². The molecule has 4 nitrogen and oxygen atoms in total. The molecule has 3 aromatic carbocycles. The Bertz CT molecular complexity index is 855. The van der Waals surface area contributed by atoms with Gasteiger partial charge in [-0.3, -0.25) is 4.79 Å². The molecule has 0 aliphatic rings. The van der Waals surface area contributed by atoms with Gasteiger partial charge in [0.25, 0.3) is 5.91 Å². The molecule has 28 heavy (non-hydrogen) atoms. The molecule has 1 amide bonds. The molecule has 0 saturated carbocycles. The number of para-hydroxylation sites is 1. The van der Waals surface area contributed by atoms with Gasteiger partial charge in [0, 0.05) is 12.5 Å². The van der Waals surface area contributed by atoms with Gasteiger partial charge in [0.15, 0.2) is 11.5 Å². The molecule has 0 bridgehead atoms. The predicted octanol–water partition coefficient (Wildman–Crippen LogP) is 4.66. The smallest absolute Gasteiger partial charge is 0.255 e. The maximum atomic E-state index is 12.7. The molecule has 0 aromatic heterocycles. The molecule has 0 aliphatic carbocycles. The van der Waals surface area contributed by atoms with Gasteiger partial charge in [-0.05, 0) is 29.7 Å². The molecule has 0 fully saturated rings. The summed E-state index contributed by atoms with van der Waals surface area (Å²) in [7, 11) is 3.10. The van der Waals surface area contributed by atoms with E-state index < -0.39 is 0 Å². The van der Waals surface area contributed by atoms with Crippen molar-refractivity contribution in [2.45, 2.75) is 12.3 Å². The van der Waals surface area contributed by atoms with Crippen LogP contribution in [0.3, 0.4) is 0 Å². The minimum atomic E-state index is -0.171. The average Bonchev–Trinajstić information content (AvgIpc) is 2.77. The van der Waals surface area contributed by atoms with Crippen LogP contribution in [-0.2, 0) is 0 Å². The zero-order valence-electron chi connectivity index (χ0n) is 16.2. The van der Waals surface area contributed by atoms with E-state index in [-0.39, 0.29) is 11.8 Å². The van der Waals surface area contributed by atoms with E-state index in [0.717, 1.165) is 6.42 Å². The summed E-state index contributed by atoms with van der Waals surface area (Å²) in [5.74, 6) is 1.04. The second-order valence-corrected chi connectivity index (χ2v) is 6.46. The van der Waals surface area contributed by atoms with E-state index in [2.05, 4.69) is 29.6 Å². The number of benzene rings is 3. The largest absolute Gasteiger partial charge is 0.493 e. The molecule has 0 aliphatic heterocycles. The molecule has 0 spiro atoms. The molecule has 0 unspecified atom stereocenters. The topological polar surface area (TPSA) is 47.6 Å². The van der Waals surface area contributed by atoms with Crippen molar-refractivity contribution in [3.63, 3.8) is 0 Å². The Morgan fingerprint density at radius 2 is 1.43 bits per heavy atom. The predicted molar refractivity (Wildman–Crippen MR) is 111 cm³/mol. The quantitative estimate of drug-likeness (QED) is 0.623. The number of amides is 1. The highest BCUT2D eigenvalue weighted by Gasteiger charge is 2.18. The summed E-state index contributed by atoms with van der Waals surface area (Å²) in [4.78, 5) is 12.7. The minimum absolute atomic E-state index is 0.171. The lowest BCUT2D eigenvalue weighted by atomic mass is 9.88. The third-order valence-electron chi connectivity index (χ3n) is 4.77. The van der Waals surface area contributed by atoms with Crippen LogP contribution in [0.15, 0.2) is 78.9 Å². The zero-order valence-corrected chi connectivity index (χ0v) is 16.2. The Labute approximate surface area is 166 Å². The van der Waals surface area contributed by atoms with Crippen molar-refractivity contribution < 1.29 is 14.3 Å². The summed E-state index contributed by atoms with van der Waals surface area (Å²) in [5.41, 5.74) is 2.95. The van der Waals surface area contributed by atoms with Gasteiger partial charge in [-0.15, -0.1) is 0 Å². The first-order valence-corrected chi connectivity index (χ1v) is 9.33. The monoisotopic (exact) mass is 375 g/mol. The fraction of sp³-hybridized carbons (Fsp3) is 0.208. The van der Waals surface area contributed by atoms with Gasteiger partial charge in [0.05, 0.1) is 19.8 Å². The van der Waals surface area contributed by atoms with Crippen LogP contribution in [0.5, 0.6) is 11.5 Å². The molecule has 0 saturated heterocycles. The van der Waals surface area contributed by atoms with Gasteiger partial charge in [0.1, 0.15) is 0 Å². The van der Waals surface area contributed by atoms with E-state index >= 15 is 0 Å². The van der Waals surface area contributed by atoms with E-state index in [1.54, 1.807) is 25.3 Å². The first kappa shape index (κ1) is 19.5. The van der Waals surface area contributed by atoms with E-state index in [9.17, 15) is 4.79 Å². The Balaban J connectivity index is 1.72. The molecule has 4 heteroatoms. The number of carbonyl (C=O) groups excluding carboxylic acids is 1. The van der Waals surface area contributed by atoms with E-state index in [1.807, 2.05) is 36.4 Å². The van der Waals surface area contributed by atoms with Gasteiger partial charge in [-0.25, -0.2) is 0 Å². The summed E-state index contributed by atoms with van der Waals surface area (Å²) < 4.78 is 10.6. The lowest BCUT2D eigenvalue weighted by Gasteiger charge is -2.19. The molecule has 0 heterocycles. The maximum absolute atomic E-state index is 12.7. The summed E-state index contributed by atoms with van der Waals surface area (Å²) in [6, 6.07) is 26.0. The van der Waals surface area contributed by atoms with Crippen molar-refractivity contribution in [2.24, 2.45) is 0 Å². The fourth-order valence-corrected chi connectivity index (χ4v) is 3.39. The van der Waals surface area contributed by atoms with Gasteiger partial charge in [0.2, 0.25) is 0 Å². The van der Waals surface area contributed by atoms with Crippen LogP contribution in [-0.4, -0.2) is 26.7 Å². The number of nitrogens with one attached hydrogen (secondary N) is 1. The first-order valence-electron chi connectivity index (χ1n) is 9.33. The van der Waals surface area contributed by atoms with Gasteiger partial charge in [-0.1, -0.05) is 66.7 Å². The fourth-order valence-electron chi connectivity index (χ4n) is 3.39. The standard InChI is InChI=1S/C24H25NO3/c1-27-22-15-9-14-21(23(22)28-2)24(26)25-17-16-20(18-10-5-3-6-11-18)19-12-7-4-8-13-19/h3-15,20H,16-17H2,1-2H3,(H,25,26). The number of rotatable bonds is 8. The molecular weight excluding hydrogens is 350 g/mol. The lowest BCUT2D eigenvalue weighted by Crippen LogP contribution is -2.26. The summed E-state index contributed by atoms with van der Waals surface area (Å²) in [6.07, 6.45) is 0.798. The highest BCUT2D eigenvalue weighted by atomic mass is 16.5. The Morgan fingerprint density at radius 1 is 0.821 bits per heavy atom. The first-order chi connectivity index (χ1) is 13.7. The molecule has 3 aromatic rings. The molecule has 3 rings (SSSR count). The Hall–Kier alpha value is -3.27. The van der Waals surface area contributed by atoms with Crippen molar-refractivity contribution in [1.82, 2.24) is 5.32 Å². The number of carbonyl (C=O) groups is 1. The molecule has 0 atom stereocenters. The molecule has 0 radical (unpaired) electrons. The number of hydrogen-bond acceptors (Lipinski definition) is 3. The summed E-state index contributed by atoms with van der Waals surface area (Å²) in [6.45, 7) is 0.549. The number of ether oxygens (including phenoxy) is 2. The van der Waals surface area contributed by atoms with Crippen LogP contribution >= 0.6 is 0 Å². The van der Waals surface area contributed by atoms with Crippen molar-refractivity contribution in [3.8, 4) is 11.5 Å². The Morgan fingerprint density at radius 3 is 1.96 bits per heavy atom. The van der Waals surface area contributed by atoms with Crippen molar-refractivity contribution in [3.05, 3.63) is 95.6 Å². The zero-order chi connectivity index (χ0) is 19.8. The van der Waals surface area contributed by atoms with Crippen LogP contribution in [0.25, 0.3) is 0 Å². The summed E-state index contributed by atoms with van der Waals surface area (Å²) >= 11 is 0. The van der Waals surface area contributed by atoms with Crippen molar-refractivity contribution >= 4 is 5.91 Å². The third kappa shape index (κ3) is 4.52. The third-order valence-corrected chi connectivity index (χ3v) is 4.77. The van der Waals surface area contributed by atoms with Crippen LogP contribution in [0.1, 0.15) is 33.8 Å². The van der Waals surface area contributed by atoms with E-state index in [4.69, 9.17) is 9.47 Å². The SMILES string of the molecule is COc1cccc(C(=O)NCCC(c2ccccc2)c2ccccc2)c1OC. The maximum Gasteiger partial charge on any atom is 0.255 e. The second kappa shape index (κ2) is 9.60. The highest BCUT2D eigenvalue weighted by Crippen LogP contribution is 2.31. The Kier molecular flexibility index (Phi) is 6.68. The number of methoxy groups -OCH3 is 2. The van der Waals surface area contributed by atoms with Gasteiger partial charge >= 0.3 is 0 Å². The van der Waals surface area contributed by atoms with E-state index in [1.165, 1.54) is 18.2 Å². The van der Waals surface area contributed by atoms with Crippen LogP contribution < -0.4 is 14.8 Å². The minimum Gasteiger partial charge on any atom is -0.493 e. The normalized spacial score (nSPS) is 10.5. The van der Waals surface area contributed by atoms with Crippen molar-refractivity contribution in [1.29, 1.82) is 0 Å². The van der Waals surface area contributed by atoms with Crippen molar-refractivity contribution in [2.75, 3.05) is 20.8 Å². The van der Waals surface area contributed by atoms with Gasteiger partial charge < -0.3 is 14.8 Å². The van der Waals surface area contributed by atoms with Crippen LogP contribution in [0.4, 0.5) is 0 Å². The molecule has 144 valence electrons. The van der Waals surface area contributed by atoms with E-state index in [0.29, 0.717) is 23.6 Å². The summed E-state index contributed by atoms with van der Waals surface area (Å²) in [5, 5.41) is 3.02. The molecule has 1 N–H and O–H groups in total. The molecular formula is C24H25NO3.